The molecule has 9 heavy (non-hydrogen) atoms. The van der Waals surface area contributed by atoms with Crippen LogP contribution in [0.2, 0.25) is 0 Å². The van der Waals surface area contributed by atoms with Gasteiger partial charge in [0, 0.05) is 12.2 Å². The van der Waals surface area contributed by atoms with Crippen LogP contribution in [-0.2, 0) is 11.1 Å². The quantitative estimate of drug-likeness (QED) is 0.365. The molecule has 0 saturated carbocycles. The van der Waals surface area contributed by atoms with E-state index in [0.717, 1.165) is 12.8 Å². The van der Waals surface area contributed by atoms with Crippen LogP contribution in [0.3, 0.4) is 0 Å². The zero-order valence-electron chi connectivity index (χ0n) is 5.17. The van der Waals surface area contributed by atoms with Gasteiger partial charge in [0.25, 0.3) is 0 Å². The summed E-state index contributed by atoms with van der Waals surface area (Å²) in [5.41, 5.74) is 0. The Kier molecular flexibility index (Phi) is 5.59. The molecule has 0 bridgehead atoms. The lowest BCUT2D eigenvalue weighted by Gasteiger charge is -1.90. The summed E-state index contributed by atoms with van der Waals surface area (Å²) < 4.78 is 18.3. The number of hydrogen-bond acceptors (Lipinski definition) is 1. The fraction of sp³-hybridized carbons (Fsp3) is 0.667. The zero-order valence-corrected chi connectivity index (χ0v) is 5.99. The summed E-state index contributed by atoms with van der Waals surface area (Å²) in [6, 6.07) is 0. The van der Waals surface area contributed by atoms with Crippen molar-refractivity contribution in [2.45, 2.75) is 19.3 Å². The van der Waals surface area contributed by atoms with Crippen LogP contribution >= 0.6 is 0 Å². The van der Waals surface area contributed by atoms with Crippen LogP contribution < -0.4 is 0 Å². The Labute approximate surface area is 57.9 Å². The van der Waals surface area contributed by atoms with Crippen molar-refractivity contribution in [3.8, 4) is 12.3 Å². The average molecular weight is 146 g/mol. The van der Waals surface area contributed by atoms with Crippen molar-refractivity contribution in [2.75, 3.05) is 5.75 Å². The van der Waals surface area contributed by atoms with Gasteiger partial charge in [0.1, 0.15) is 0 Å². The summed E-state index contributed by atoms with van der Waals surface area (Å²) in [5, 5.41) is 0. The van der Waals surface area contributed by atoms with E-state index in [1.54, 1.807) is 0 Å². The summed E-state index contributed by atoms with van der Waals surface area (Å²) in [6.45, 7) is 0. The highest BCUT2D eigenvalue weighted by Gasteiger charge is 1.90. The molecule has 0 aromatic rings. The van der Waals surface area contributed by atoms with Crippen molar-refractivity contribution in [3.63, 3.8) is 0 Å². The highest BCUT2D eigenvalue weighted by Crippen LogP contribution is 1.93. The second-order valence-corrected chi connectivity index (χ2v) is 2.74. The largest absolute Gasteiger partial charge is 0.306 e. The molecule has 0 spiro atoms. The maximum absolute atomic E-state index is 10.0. The minimum absolute atomic E-state index is 0.349. The molecule has 1 unspecified atom stereocenters. The smallest absolute Gasteiger partial charge is 0.152 e. The molecule has 1 N–H and O–H groups in total. The highest BCUT2D eigenvalue weighted by molar-refractivity contribution is 7.79. The molecule has 1 atom stereocenters. The van der Waals surface area contributed by atoms with Crippen LogP contribution in [0, 0.1) is 12.3 Å². The first-order valence-corrected chi connectivity index (χ1v) is 4.06. The lowest BCUT2D eigenvalue weighted by atomic mass is 10.3. The Balaban J connectivity index is 2.94. The number of hydrogen-bond donors (Lipinski definition) is 1. The third kappa shape index (κ3) is 7.67. The van der Waals surface area contributed by atoms with Gasteiger partial charge < -0.3 is 4.55 Å². The molecule has 0 heterocycles. The lowest BCUT2D eigenvalue weighted by molar-refractivity contribution is 0.560. The molecule has 0 rings (SSSR count). The second-order valence-electron chi connectivity index (χ2n) is 1.69. The molecule has 0 saturated heterocycles. The predicted molar refractivity (Wildman–Crippen MR) is 38.3 cm³/mol. The minimum Gasteiger partial charge on any atom is -0.306 e. The van der Waals surface area contributed by atoms with E-state index in [2.05, 4.69) is 5.92 Å². The maximum atomic E-state index is 10.0. The van der Waals surface area contributed by atoms with E-state index in [1.165, 1.54) is 0 Å². The van der Waals surface area contributed by atoms with E-state index in [4.69, 9.17) is 11.0 Å². The Hall–Kier alpha value is -0.330. The number of rotatable bonds is 4. The summed E-state index contributed by atoms with van der Waals surface area (Å²) in [7, 11) is 0. The molecule has 52 valence electrons. The van der Waals surface area contributed by atoms with Crippen LogP contribution in [0.25, 0.3) is 0 Å². The van der Waals surface area contributed by atoms with Gasteiger partial charge in [-0.2, -0.15) is 0 Å². The molecular formula is C6H10O2S. The number of unbranched alkanes of at least 4 members (excludes halogenated alkanes) is 2. The van der Waals surface area contributed by atoms with E-state index in [0.29, 0.717) is 12.2 Å². The van der Waals surface area contributed by atoms with Crippen molar-refractivity contribution >= 4 is 11.1 Å². The molecule has 0 amide bonds. The maximum Gasteiger partial charge on any atom is 0.152 e. The fourth-order valence-electron chi connectivity index (χ4n) is 0.453. The first-order chi connectivity index (χ1) is 4.27. The van der Waals surface area contributed by atoms with Gasteiger partial charge in [-0.05, 0) is 12.8 Å². The van der Waals surface area contributed by atoms with Gasteiger partial charge in [-0.15, -0.1) is 12.3 Å². The first kappa shape index (κ1) is 8.67. The van der Waals surface area contributed by atoms with Crippen LogP contribution in [0.15, 0.2) is 0 Å². The monoisotopic (exact) mass is 146 g/mol. The van der Waals surface area contributed by atoms with Crippen LogP contribution in [0.1, 0.15) is 19.3 Å². The Morgan fingerprint density at radius 2 is 2.22 bits per heavy atom. The standard InChI is InChI=1S/C6H10O2S/c1-2-3-4-5-6-9(7)8/h1H,3-6H2,(H,7,8). The first-order valence-electron chi connectivity index (χ1n) is 2.78. The molecule has 0 radical (unpaired) electrons. The van der Waals surface area contributed by atoms with Crippen molar-refractivity contribution in [2.24, 2.45) is 0 Å². The van der Waals surface area contributed by atoms with E-state index in [9.17, 15) is 4.21 Å². The van der Waals surface area contributed by atoms with Crippen molar-refractivity contribution < 1.29 is 8.76 Å². The summed E-state index contributed by atoms with van der Waals surface area (Å²) in [4.78, 5) is 0. The molecule has 0 aliphatic carbocycles. The molecule has 0 aliphatic rings. The fourth-order valence-corrected chi connectivity index (χ4v) is 0.904. The Morgan fingerprint density at radius 1 is 1.56 bits per heavy atom. The average Bonchev–Trinajstić information content (AvgIpc) is 1.80. The summed E-state index contributed by atoms with van der Waals surface area (Å²) in [5.74, 6) is 2.81. The molecule has 0 aromatic heterocycles. The van der Waals surface area contributed by atoms with Gasteiger partial charge in [-0.3, -0.25) is 0 Å². The SMILES string of the molecule is C#CCCCCS(=O)O. The third-order valence-corrected chi connectivity index (χ3v) is 1.53. The van der Waals surface area contributed by atoms with Gasteiger partial charge in [0.2, 0.25) is 0 Å². The van der Waals surface area contributed by atoms with Gasteiger partial charge in [-0.1, -0.05) is 0 Å². The van der Waals surface area contributed by atoms with Crippen molar-refractivity contribution in [1.82, 2.24) is 0 Å². The summed E-state index contributed by atoms with van der Waals surface area (Å²) >= 11 is -1.64. The Morgan fingerprint density at radius 3 is 2.67 bits per heavy atom. The number of terminal acetylenes is 1. The van der Waals surface area contributed by atoms with Crippen LogP contribution in [0.4, 0.5) is 0 Å². The van der Waals surface area contributed by atoms with Crippen LogP contribution in [-0.4, -0.2) is 14.5 Å². The topological polar surface area (TPSA) is 37.3 Å². The van der Waals surface area contributed by atoms with Gasteiger partial charge in [0.15, 0.2) is 11.1 Å². The highest BCUT2D eigenvalue weighted by atomic mass is 32.2. The Bertz CT molecular complexity index is 126. The third-order valence-electron chi connectivity index (χ3n) is 0.890. The van der Waals surface area contributed by atoms with E-state index in [1.807, 2.05) is 0 Å². The molecular weight excluding hydrogens is 136 g/mol. The van der Waals surface area contributed by atoms with E-state index >= 15 is 0 Å². The van der Waals surface area contributed by atoms with E-state index in [-0.39, 0.29) is 0 Å². The molecule has 0 fully saturated rings. The second kappa shape index (κ2) is 5.80. The normalized spacial score (nSPS) is 12.4. The van der Waals surface area contributed by atoms with Crippen molar-refractivity contribution in [1.29, 1.82) is 0 Å². The van der Waals surface area contributed by atoms with Crippen molar-refractivity contribution in [3.05, 3.63) is 0 Å². The molecule has 0 aliphatic heterocycles. The zero-order chi connectivity index (χ0) is 7.11. The van der Waals surface area contributed by atoms with E-state index < -0.39 is 11.1 Å². The van der Waals surface area contributed by atoms with Gasteiger partial charge in [0.05, 0.1) is 0 Å². The van der Waals surface area contributed by atoms with Crippen LogP contribution in [0.5, 0.6) is 0 Å². The molecule has 3 heteroatoms. The summed E-state index contributed by atoms with van der Waals surface area (Å²) in [6.07, 6.45) is 7.26. The molecule has 2 nitrogen and oxygen atoms in total. The molecule has 0 aromatic carbocycles. The van der Waals surface area contributed by atoms with Gasteiger partial charge >= 0.3 is 0 Å². The van der Waals surface area contributed by atoms with Gasteiger partial charge in [-0.25, -0.2) is 4.21 Å². The predicted octanol–water partition coefficient (Wildman–Crippen LogP) is 1.01. The lowest BCUT2D eigenvalue weighted by Crippen LogP contribution is -1.93. The minimum atomic E-state index is -1.64.